The molecule has 0 N–H and O–H groups in total. The minimum absolute atomic E-state index is 0.0972. The Kier molecular flexibility index (Phi) is 8.03. The summed E-state index contributed by atoms with van der Waals surface area (Å²) in [6.45, 7) is 7.82. The van der Waals surface area contributed by atoms with Crippen molar-refractivity contribution in [2.45, 2.75) is 55.6 Å². The zero-order valence-electron chi connectivity index (χ0n) is 22.7. The van der Waals surface area contributed by atoms with Gasteiger partial charge in [-0.3, -0.25) is 9.36 Å². The standard InChI is InChI=1S/C28H29ClF4N4O3S/c1-5-22(38)36-14(2)10-35(11-15(36)3)26-19-9-20(28(31,32)33)23(18-7-6-16(29)8-21(18)30)25-24(19)37(27(39)34-26)17(12-40-4)13-41-25/h5-7,9,14-15,17,21H,1,8,10-13H2,2-4H3/t14-,15+,17-,21?/m0/s1. The van der Waals surface area contributed by atoms with Gasteiger partial charge < -0.3 is 14.5 Å². The number of rotatable bonds is 5. The summed E-state index contributed by atoms with van der Waals surface area (Å²) in [5.41, 5.74) is -1.79. The molecule has 1 fully saturated rings. The van der Waals surface area contributed by atoms with Crippen molar-refractivity contribution in [3.63, 3.8) is 0 Å². The number of methoxy groups -OCH3 is 1. The van der Waals surface area contributed by atoms with Crippen LogP contribution in [0.2, 0.25) is 0 Å². The molecular weight excluding hydrogens is 584 g/mol. The quantitative estimate of drug-likeness (QED) is 0.325. The fourth-order valence-electron chi connectivity index (χ4n) is 6.07. The summed E-state index contributed by atoms with van der Waals surface area (Å²) in [6, 6.07) is -0.172. The van der Waals surface area contributed by atoms with Crippen molar-refractivity contribution >= 4 is 51.6 Å². The summed E-state index contributed by atoms with van der Waals surface area (Å²) in [5.74, 6) is 0.0793. The molecule has 0 spiro atoms. The summed E-state index contributed by atoms with van der Waals surface area (Å²) >= 11 is 7.13. The van der Waals surface area contributed by atoms with E-state index in [0.717, 1.165) is 17.8 Å². The van der Waals surface area contributed by atoms with E-state index in [1.54, 1.807) is 9.80 Å². The number of ether oxygens (including phenoxy) is 1. The Bertz CT molecular complexity index is 1530. The van der Waals surface area contributed by atoms with Crippen molar-refractivity contribution in [1.29, 1.82) is 0 Å². The first kappa shape index (κ1) is 29.7. The van der Waals surface area contributed by atoms with Crippen molar-refractivity contribution in [3.8, 4) is 0 Å². The molecule has 0 bridgehead atoms. The highest BCUT2D eigenvalue weighted by Gasteiger charge is 2.42. The molecule has 41 heavy (non-hydrogen) atoms. The molecule has 1 aromatic heterocycles. The smallest absolute Gasteiger partial charge is 0.383 e. The Labute approximate surface area is 243 Å². The van der Waals surface area contributed by atoms with Crippen molar-refractivity contribution in [2.24, 2.45) is 0 Å². The molecule has 0 radical (unpaired) electrons. The first-order chi connectivity index (χ1) is 19.4. The second kappa shape index (κ2) is 11.1. The molecule has 3 heterocycles. The van der Waals surface area contributed by atoms with Gasteiger partial charge in [0.05, 0.1) is 23.7 Å². The number of allylic oxidation sites excluding steroid dienone is 4. The van der Waals surface area contributed by atoms with E-state index in [9.17, 15) is 22.8 Å². The van der Waals surface area contributed by atoms with Crippen LogP contribution >= 0.6 is 23.4 Å². The summed E-state index contributed by atoms with van der Waals surface area (Å²) in [5, 5.41) is 0.338. The zero-order valence-corrected chi connectivity index (χ0v) is 24.2. The van der Waals surface area contributed by atoms with Gasteiger partial charge in [0.25, 0.3) is 0 Å². The minimum Gasteiger partial charge on any atom is -0.383 e. The van der Waals surface area contributed by atoms with Crippen LogP contribution in [0.25, 0.3) is 16.5 Å². The van der Waals surface area contributed by atoms with Gasteiger partial charge in [-0.05, 0) is 37.6 Å². The van der Waals surface area contributed by atoms with Crippen LogP contribution in [0.1, 0.15) is 37.4 Å². The molecule has 1 aromatic carbocycles. The Morgan fingerprint density at radius 2 is 1.95 bits per heavy atom. The van der Waals surface area contributed by atoms with Gasteiger partial charge in [-0.15, -0.1) is 11.8 Å². The van der Waals surface area contributed by atoms with Crippen LogP contribution in [0, 0.1) is 0 Å². The van der Waals surface area contributed by atoms with Crippen molar-refractivity contribution in [3.05, 3.63) is 57.5 Å². The van der Waals surface area contributed by atoms with Crippen LogP contribution in [0.3, 0.4) is 0 Å². The highest BCUT2D eigenvalue weighted by Crippen LogP contribution is 2.50. The molecule has 1 aliphatic carbocycles. The Morgan fingerprint density at radius 1 is 1.27 bits per heavy atom. The number of carbonyl (C=O) groups excluding carboxylic acids is 1. The lowest BCUT2D eigenvalue weighted by Crippen LogP contribution is -2.58. The minimum atomic E-state index is -4.83. The maximum Gasteiger partial charge on any atom is 0.417 e. The lowest BCUT2D eigenvalue weighted by molar-refractivity contribution is -0.138. The van der Waals surface area contributed by atoms with Gasteiger partial charge in [0.1, 0.15) is 12.0 Å². The number of nitrogens with zero attached hydrogens (tertiary/aromatic N) is 4. The monoisotopic (exact) mass is 612 g/mol. The van der Waals surface area contributed by atoms with E-state index < -0.39 is 29.6 Å². The van der Waals surface area contributed by atoms with E-state index >= 15 is 4.39 Å². The zero-order chi connectivity index (χ0) is 29.8. The maximum absolute atomic E-state index is 15.3. The van der Waals surface area contributed by atoms with Crippen LogP contribution in [0.4, 0.5) is 23.4 Å². The molecule has 1 saturated heterocycles. The van der Waals surface area contributed by atoms with Gasteiger partial charge in [0.15, 0.2) is 0 Å². The van der Waals surface area contributed by atoms with E-state index in [0.29, 0.717) is 0 Å². The summed E-state index contributed by atoms with van der Waals surface area (Å²) < 4.78 is 66.3. The molecule has 13 heteroatoms. The number of hydrogen-bond donors (Lipinski definition) is 0. The lowest BCUT2D eigenvalue weighted by atomic mass is 9.90. The van der Waals surface area contributed by atoms with Gasteiger partial charge in [-0.25, -0.2) is 9.18 Å². The molecule has 2 aliphatic heterocycles. The molecule has 1 unspecified atom stereocenters. The Balaban J connectivity index is 1.81. The molecule has 1 amide bonds. The number of amides is 1. The van der Waals surface area contributed by atoms with Crippen molar-refractivity contribution < 1.29 is 27.1 Å². The Morgan fingerprint density at radius 3 is 2.54 bits per heavy atom. The van der Waals surface area contributed by atoms with Gasteiger partial charge in [-0.2, -0.15) is 18.2 Å². The first-order valence-corrected chi connectivity index (χ1v) is 14.5. The number of aromatic nitrogens is 2. The van der Waals surface area contributed by atoms with Crippen LogP contribution in [-0.2, 0) is 15.7 Å². The number of thioether (sulfide) groups is 1. The number of anilines is 1. The predicted molar refractivity (Wildman–Crippen MR) is 152 cm³/mol. The fraction of sp³-hybridized carbons (Fsp3) is 0.464. The number of carbonyl (C=O) groups is 1. The summed E-state index contributed by atoms with van der Waals surface area (Å²) in [7, 11) is 1.48. The number of benzene rings is 1. The first-order valence-electron chi connectivity index (χ1n) is 13.1. The third-order valence-electron chi connectivity index (χ3n) is 7.69. The average Bonchev–Trinajstić information content (AvgIpc) is 2.90. The third kappa shape index (κ3) is 5.18. The maximum atomic E-state index is 15.3. The average molecular weight is 613 g/mol. The molecule has 0 saturated carbocycles. The highest BCUT2D eigenvalue weighted by atomic mass is 35.5. The van der Waals surface area contributed by atoms with Gasteiger partial charge in [0.2, 0.25) is 5.91 Å². The van der Waals surface area contributed by atoms with E-state index in [2.05, 4.69) is 11.6 Å². The molecule has 3 aliphatic rings. The van der Waals surface area contributed by atoms with E-state index in [-0.39, 0.29) is 87.6 Å². The number of halogens is 5. The second-order valence-corrected chi connectivity index (χ2v) is 12.0. The van der Waals surface area contributed by atoms with Crippen molar-refractivity contribution in [2.75, 3.05) is 37.5 Å². The number of alkyl halides is 4. The molecule has 220 valence electrons. The van der Waals surface area contributed by atoms with Gasteiger partial charge in [0, 0.05) is 65.3 Å². The third-order valence-corrected chi connectivity index (χ3v) is 9.20. The van der Waals surface area contributed by atoms with E-state index in [1.807, 2.05) is 13.8 Å². The molecular formula is C28H29ClF4N4O3S. The van der Waals surface area contributed by atoms with Crippen LogP contribution in [-0.4, -0.2) is 71.2 Å². The second-order valence-electron chi connectivity index (χ2n) is 10.5. The largest absolute Gasteiger partial charge is 0.417 e. The number of piperazine rings is 1. The normalized spacial score (nSPS) is 24.8. The molecule has 5 rings (SSSR count). The van der Waals surface area contributed by atoms with Gasteiger partial charge in [-0.1, -0.05) is 24.3 Å². The SMILES string of the molecule is C=CC(=O)N1[C@H](C)CN(c2nc(=O)n3c4c(c(C5=CC=C(Cl)CC5F)c(C(F)(F)F)cc24)SC[C@@H]3COC)C[C@@H]1C. The van der Waals surface area contributed by atoms with Crippen LogP contribution in [0.15, 0.2) is 45.6 Å². The number of hydrogen-bond acceptors (Lipinski definition) is 6. The summed E-state index contributed by atoms with van der Waals surface area (Å²) in [6.07, 6.45) is -2.91. The van der Waals surface area contributed by atoms with E-state index in [4.69, 9.17) is 16.3 Å². The lowest BCUT2D eigenvalue weighted by Gasteiger charge is -2.45. The van der Waals surface area contributed by atoms with E-state index in [1.165, 1.54) is 29.9 Å². The molecule has 4 atom stereocenters. The highest BCUT2D eigenvalue weighted by molar-refractivity contribution is 7.99. The Hall–Kier alpha value is -2.83. The summed E-state index contributed by atoms with van der Waals surface area (Å²) in [4.78, 5) is 33.9. The van der Waals surface area contributed by atoms with Crippen molar-refractivity contribution in [1.82, 2.24) is 14.5 Å². The van der Waals surface area contributed by atoms with Gasteiger partial charge >= 0.3 is 11.9 Å². The molecule has 7 nitrogen and oxygen atoms in total. The van der Waals surface area contributed by atoms with Crippen LogP contribution < -0.4 is 10.6 Å². The molecule has 2 aromatic rings. The predicted octanol–water partition coefficient (Wildman–Crippen LogP) is 5.57. The van der Waals surface area contributed by atoms with Crippen LogP contribution in [0.5, 0.6) is 0 Å². The topological polar surface area (TPSA) is 67.7 Å². The fourth-order valence-corrected chi connectivity index (χ4v) is 7.59.